The van der Waals surface area contributed by atoms with Crippen molar-refractivity contribution in [3.05, 3.63) is 59.9 Å². The number of likely N-dealkylation sites (tertiary alicyclic amines) is 1. The van der Waals surface area contributed by atoms with Crippen LogP contribution in [0.4, 0.5) is 5.69 Å². The first kappa shape index (κ1) is 19.5. The van der Waals surface area contributed by atoms with E-state index in [1.165, 1.54) is 0 Å². The normalized spacial score (nSPS) is 18.0. The maximum absolute atomic E-state index is 13.4. The van der Waals surface area contributed by atoms with E-state index in [9.17, 15) is 4.79 Å². The van der Waals surface area contributed by atoms with Crippen molar-refractivity contribution in [2.45, 2.75) is 25.8 Å². The van der Waals surface area contributed by atoms with Gasteiger partial charge in [-0.3, -0.25) is 4.79 Å². The number of carbonyl (C=O) groups excluding carboxylic acids is 1. The number of benzene rings is 2. The van der Waals surface area contributed by atoms with Crippen LogP contribution in [0.1, 0.15) is 29.0 Å². The molecule has 7 nitrogen and oxygen atoms in total. The third kappa shape index (κ3) is 3.95. The minimum Gasteiger partial charge on any atom is -0.486 e. The molecule has 0 radical (unpaired) electrons. The van der Waals surface area contributed by atoms with Gasteiger partial charge in [0, 0.05) is 36.4 Å². The summed E-state index contributed by atoms with van der Waals surface area (Å²) < 4.78 is 16.7. The Morgan fingerprint density at radius 3 is 2.74 bits per heavy atom. The molecule has 2 aliphatic heterocycles. The van der Waals surface area contributed by atoms with Crippen LogP contribution < -0.4 is 14.8 Å². The lowest BCUT2D eigenvalue weighted by atomic mass is 10.0. The van der Waals surface area contributed by atoms with Crippen LogP contribution in [0.5, 0.6) is 11.5 Å². The Bertz CT molecular complexity index is 1080. The molecule has 0 spiro atoms. The number of nitrogens with zero attached hydrogens (tertiary/aromatic N) is 2. The highest BCUT2D eigenvalue weighted by Gasteiger charge is 2.30. The molecule has 5 rings (SSSR count). The topological polar surface area (TPSA) is 76.8 Å². The second-order valence-corrected chi connectivity index (χ2v) is 7.92. The number of piperidine rings is 1. The van der Waals surface area contributed by atoms with E-state index in [-0.39, 0.29) is 11.9 Å². The highest BCUT2D eigenvalue weighted by atomic mass is 16.6. The van der Waals surface area contributed by atoms with Crippen LogP contribution in [0.3, 0.4) is 0 Å². The summed E-state index contributed by atoms with van der Waals surface area (Å²) in [6.45, 7) is 4.27. The van der Waals surface area contributed by atoms with Gasteiger partial charge >= 0.3 is 0 Å². The molecule has 0 aliphatic carbocycles. The molecule has 1 fully saturated rings. The number of hydrogen-bond donors (Lipinski definition) is 1. The highest BCUT2D eigenvalue weighted by Crippen LogP contribution is 2.33. The Morgan fingerprint density at radius 1 is 1.10 bits per heavy atom. The van der Waals surface area contributed by atoms with Crippen molar-refractivity contribution in [1.82, 2.24) is 10.1 Å². The largest absolute Gasteiger partial charge is 0.486 e. The van der Waals surface area contributed by atoms with Gasteiger partial charge in [-0.1, -0.05) is 35.5 Å². The highest BCUT2D eigenvalue weighted by molar-refractivity contribution is 6.00. The van der Waals surface area contributed by atoms with E-state index in [4.69, 9.17) is 14.0 Å². The van der Waals surface area contributed by atoms with Gasteiger partial charge in [0.15, 0.2) is 11.5 Å². The van der Waals surface area contributed by atoms with Crippen molar-refractivity contribution in [3.8, 4) is 22.8 Å². The number of aryl methyl sites for hydroxylation is 1. The fraction of sp³-hybridized carbons (Fsp3) is 0.333. The molecule has 1 amide bonds. The summed E-state index contributed by atoms with van der Waals surface area (Å²) in [6.07, 6.45) is 1.92. The fourth-order valence-corrected chi connectivity index (χ4v) is 4.22. The molecule has 0 saturated carbocycles. The third-order valence-corrected chi connectivity index (χ3v) is 5.75. The van der Waals surface area contributed by atoms with E-state index in [1.54, 1.807) is 6.92 Å². The first-order chi connectivity index (χ1) is 15.2. The Hall–Kier alpha value is -3.48. The van der Waals surface area contributed by atoms with Crippen molar-refractivity contribution in [3.63, 3.8) is 0 Å². The lowest BCUT2D eigenvalue weighted by Crippen LogP contribution is -2.45. The van der Waals surface area contributed by atoms with Crippen LogP contribution in [0.2, 0.25) is 0 Å². The van der Waals surface area contributed by atoms with E-state index in [1.807, 2.05) is 53.4 Å². The zero-order chi connectivity index (χ0) is 21.2. The van der Waals surface area contributed by atoms with E-state index in [2.05, 4.69) is 10.5 Å². The lowest BCUT2D eigenvalue weighted by molar-refractivity contribution is 0.0713. The summed E-state index contributed by atoms with van der Waals surface area (Å²) >= 11 is 0. The zero-order valence-corrected chi connectivity index (χ0v) is 17.5. The molecule has 1 atom stereocenters. The number of nitrogens with one attached hydrogen (secondary N) is 1. The summed E-state index contributed by atoms with van der Waals surface area (Å²) in [7, 11) is 0. The summed E-state index contributed by atoms with van der Waals surface area (Å²) in [5.74, 6) is 2.04. The summed E-state index contributed by atoms with van der Waals surface area (Å²) in [6, 6.07) is 15.7. The predicted octanol–water partition coefficient (Wildman–Crippen LogP) is 4.14. The number of carbonyl (C=O) groups is 1. The van der Waals surface area contributed by atoms with E-state index >= 15 is 0 Å². The molecule has 160 valence electrons. The molecule has 0 unspecified atom stereocenters. The third-order valence-electron chi connectivity index (χ3n) is 5.75. The van der Waals surface area contributed by atoms with Crippen molar-refractivity contribution >= 4 is 11.6 Å². The minimum absolute atomic E-state index is 0.0359. The van der Waals surface area contributed by atoms with Gasteiger partial charge in [0.25, 0.3) is 5.91 Å². The number of hydrogen-bond acceptors (Lipinski definition) is 6. The van der Waals surface area contributed by atoms with Crippen molar-refractivity contribution < 1.29 is 18.8 Å². The summed E-state index contributed by atoms with van der Waals surface area (Å²) in [5, 5.41) is 7.72. The molecule has 7 heteroatoms. The number of amides is 1. The Morgan fingerprint density at radius 2 is 1.90 bits per heavy atom. The Kier molecular flexibility index (Phi) is 5.24. The number of ether oxygens (including phenoxy) is 2. The maximum atomic E-state index is 13.4. The molecule has 0 bridgehead atoms. The summed E-state index contributed by atoms with van der Waals surface area (Å²) in [4.78, 5) is 15.3. The van der Waals surface area contributed by atoms with E-state index < -0.39 is 0 Å². The van der Waals surface area contributed by atoms with Crippen molar-refractivity contribution in [2.24, 2.45) is 0 Å². The molecule has 2 aliphatic rings. The molecular formula is C24H25N3O4. The van der Waals surface area contributed by atoms with Gasteiger partial charge < -0.3 is 24.2 Å². The molecule has 3 aromatic rings. The van der Waals surface area contributed by atoms with Gasteiger partial charge in [0.05, 0.1) is 0 Å². The molecular weight excluding hydrogens is 394 g/mol. The first-order valence-corrected chi connectivity index (χ1v) is 10.7. The van der Waals surface area contributed by atoms with Crippen LogP contribution in [-0.4, -0.2) is 48.3 Å². The second-order valence-electron chi connectivity index (χ2n) is 7.92. The lowest BCUT2D eigenvalue weighted by Gasteiger charge is -2.34. The standard InChI is InChI=1S/C24H25N3O4/c1-16-22(23(26-31-16)17-6-3-2-4-7-17)24(28)27-11-5-8-19(15-27)25-18-9-10-20-21(14-18)30-13-12-29-20/h2-4,6-7,9-10,14,19,25H,5,8,11-13,15H2,1H3/t19-/m1/s1. The number of fused-ring (bicyclic) bond motifs is 1. The van der Waals surface area contributed by atoms with Crippen LogP contribution in [0.15, 0.2) is 53.1 Å². The quantitative estimate of drug-likeness (QED) is 0.685. The van der Waals surface area contributed by atoms with Gasteiger partial charge in [0.2, 0.25) is 0 Å². The first-order valence-electron chi connectivity index (χ1n) is 10.7. The van der Waals surface area contributed by atoms with Crippen molar-refractivity contribution in [1.29, 1.82) is 0 Å². The van der Waals surface area contributed by atoms with Crippen LogP contribution >= 0.6 is 0 Å². The van der Waals surface area contributed by atoms with Crippen molar-refractivity contribution in [2.75, 3.05) is 31.6 Å². The van der Waals surface area contributed by atoms with Crippen LogP contribution in [0, 0.1) is 6.92 Å². The summed E-state index contributed by atoms with van der Waals surface area (Å²) in [5.41, 5.74) is 3.00. The van der Waals surface area contributed by atoms with E-state index in [0.717, 1.165) is 42.1 Å². The Labute approximate surface area is 180 Å². The van der Waals surface area contributed by atoms with Gasteiger partial charge in [0.1, 0.15) is 30.2 Å². The smallest absolute Gasteiger partial charge is 0.259 e. The minimum atomic E-state index is -0.0359. The maximum Gasteiger partial charge on any atom is 0.259 e. The van der Waals surface area contributed by atoms with E-state index in [0.29, 0.717) is 36.8 Å². The van der Waals surface area contributed by atoms with Gasteiger partial charge in [-0.25, -0.2) is 0 Å². The van der Waals surface area contributed by atoms with Gasteiger partial charge in [-0.15, -0.1) is 0 Å². The molecule has 2 aromatic carbocycles. The number of anilines is 1. The van der Waals surface area contributed by atoms with Gasteiger partial charge in [-0.2, -0.15) is 0 Å². The van der Waals surface area contributed by atoms with Crippen LogP contribution in [-0.2, 0) is 0 Å². The monoisotopic (exact) mass is 419 g/mol. The molecule has 31 heavy (non-hydrogen) atoms. The van der Waals surface area contributed by atoms with Crippen LogP contribution in [0.25, 0.3) is 11.3 Å². The molecule has 3 heterocycles. The fourth-order valence-electron chi connectivity index (χ4n) is 4.22. The zero-order valence-electron chi connectivity index (χ0n) is 17.5. The average molecular weight is 419 g/mol. The second kappa shape index (κ2) is 8.34. The predicted molar refractivity (Wildman–Crippen MR) is 117 cm³/mol. The molecule has 1 saturated heterocycles. The van der Waals surface area contributed by atoms with Gasteiger partial charge in [-0.05, 0) is 31.9 Å². The number of rotatable bonds is 4. The number of aromatic nitrogens is 1. The SMILES string of the molecule is Cc1onc(-c2ccccc2)c1C(=O)N1CCC[C@@H](Nc2ccc3c(c2)OCCO3)C1. The Balaban J connectivity index is 1.32. The average Bonchev–Trinajstić information content (AvgIpc) is 3.20. The molecule has 1 N–H and O–H groups in total. The molecule has 1 aromatic heterocycles.